The maximum absolute atomic E-state index is 5.57. The van der Waals surface area contributed by atoms with E-state index in [-0.39, 0.29) is 5.95 Å². The second-order valence-electron chi connectivity index (χ2n) is 3.08. The second-order valence-corrected chi connectivity index (χ2v) is 3.08. The van der Waals surface area contributed by atoms with E-state index in [4.69, 9.17) is 11.5 Å². The van der Waals surface area contributed by atoms with Crippen LogP contribution in [0.15, 0.2) is 36.7 Å². The van der Waals surface area contributed by atoms with Gasteiger partial charge in [-0.2, -0.15) is 0 Å². The first-order valence-corrected chi connectivity index (χ1v) is 4.44. The first-order chi connectivity index (χ1) is 7.24. The van der Waals surface area contributed by atoms with E-state index in [0.29, 0.717) is 0 Å². The Labute approximate surface area is 87.2 Å². The molecule has 0 radical (unpaired) electrons. The Bertz CT molecular complexity index is 391. The molecule has 15 heavy (non-hydrogen) atoms. The molecule has 0 amide bonds. The number of anilines is 4. The average Bonchev–Trinajstić information content (AvgIpc) is 2.25. The highest BCUT2D eigenvalue weighted by Crippen LogP contribution is 2.16. The van der Waals surface area contributed by atoms with Crippen molar-refractivity contribution >= 4 is 23.0 Å². The zero-order valence-electron chi connectivity index (χ0n) is 8.01. The molecule has 0 aliphatic carbocycles. The number of hydrogen-bond acceptors (Lipinski definition) is 5. The standard InChI is InChI=1S/C10H11N5/c11-7-1-3-8(4-2-7)15-9-5-13-10(12)14-6-9/h1-6,15H,11H2,(H2,12,13,14). The Morgan fingerprint density at radius 2 is 1.47 bits per heavy atom. The molecular weight excluding hydrogens is 190 g/mol. The summed E-state index contributed by atoms with van der Waals surface area (Å²) in [6.45, 7) is 0. The molecule has 0 spiro atoms. The molecule has 2 rings (SSSR count). The number of hydrogen-bond donors (Lipinski definition) is 3. The maximum atomic E-state index is 5.57. The molecule has 0 atom stereocenters. The monoisotopic (exact) mass is 201 g/mol. The predicted molar refractivity (Wildman–Crippen MR) is 60.6 cm³/mol. The number of nitrogens with two attached hydrogens (primary N) is 2. The van der Waals surface area contributed by atoms with Crippen LogP contribution in [0.5, 0.6) is 0 Å². The van der Waals surface area contributed by atoms with E-state index in [1.807, 2.05) is 24.3 Å². The summed E-state index contributed by atoms with van der Waals surface area (Å²) in [7, 11) is 0. The van der Waals surface area contributed by atoms with Crippen LogP contribution in [0.4, 0.5) is 23.0 Å². The van der Waals surface area contributed by atoms with Crippen LogP contribution >= 0.6 is 0 Å². The van der Waals surface area contributed by atoms with Gasteiger partial charge in [0.2, 0.25) is 5.95 Å². The van der Waals surface area contributed by atoms with Crippen molar-refractivity contribution in [1.82, 2.24) is 9.97 Å². The zero-order valence-corrected chi connectivity index (χ0v) is 8.01. The quantitative estimate of drug-likeness (QED) is 0.639. The molecule has 5 N–H and O–H groups in total. The van der Waals surface area contributed by atoms with Crippen molar-refractivity contribution in [3.05, 3.63) is 36.7 Å². The van der Waals surface area contributed by atoms with Crippen LogP contribution in [0, 0.1) is 0 Å². The lowest BCUT2D eigenvalue weighted by Crippen LogP contribution is -1.96. The van der Waals surface area contributed by atoms with Gasteiger partial charge in [0, 0.05) is 11.4 Å². The summed E-state index contributed by atoms with van der Waals surface area (Å²) in [6.07, 6.45) is 3.25. The smallest absolute Gasteiger partial charge is 0.220 e. The molecule has 2 aromatic rings. The molecule has 5 heteroatoms. The van der Waals surface area contributed by atoms with Gasteiger partial charge < -0.3 is 16.8 Å². The molecule has 76 valence electrons. The van der Waals surface area contributed by atoms with Crippen LogP contribution in [-0.4, -0.2) is 9.97 Å². The highest BCUT2D eigenvalue weighted by molar-refractivity contribution is 5.60. The predicted octanol–water partition coefficient (Wildman–Crippen LogP) is 1.38. The molecule has 0 bridgehead atoms. The molecule has 1 heterocycles. The van der Waals surface area contributed by atoms with E-state index in [0.717, 1.165) is 17.1 Å². The minimum absolute atomic E-state index is 0.262. The SMILES string of the molecule is Nc1ccc(Nc2cnc(N)nc2)cc1. The van der Waals surface area contributed by atoms with E-state index in [1.165, 1.54) is 0 Å². The number of nitrogens with one attached hydrogen (secondary N) is 1. The lowest BCUT2D eigenvalue weighted by atomic mass is 10.3. The number of rotatable bonds is 2. The third-order valence-electron chi connectivity index (χ3n) is 1.87. The molecule has 1 aromatic carbocycles. The Balaban J connectivity index is 2.15. The minimum Gasteiger partial charge on any atom is -0.399 e. The second kappa shape index (κ2) is 3.83. The molecule has 1 aromatic heterocycles. The summed E-state index contributed by atoms with van der Waals surface area (Å²) in [5, 5.41) is 3.12. The van der Waals surface area contributed by atoms with Gasteiger partial charge in [-0.1, -0.05) is 0 Å². The largest absolute Gasteiger partial charge is 0.399 e. The molecule has 0 unspecified atom stereocenters. The van der Waals surface area contributed by atoms with E-state index in [1.54, 1.807) is 12.4 Å². The van der Waals surface area contributed by atoms with Gasteiger partial charge in [0.1, 0.15) is 0 Å². The van der Waals surface area contributed by atoms with Gasteiger partial charge in [0.15, 0.2) is 0 Å². The third kappa shape index (κ3) is 2.34. The summed E-state index contributed by atoms with van der Waals surface area (Å²) >= 11 is 0. The van der Waals surface area contributed by atoms with Gasteiger partial charge in [-0.3, -0.25) is 0 Å². The fourth-order valence-corrected chi connectivity index (χ4v) is 1.14. The lowest BCUT2D eigenvalue weighted by molar-refractivity contribution is 1.18. The topological polar surface area (TPSA) is 89.8 Å². The van der Waals surface area contributed by atoms with Crippen LogP contribution in [0.1, 0.15) is 0 Å². The van der Waals surface area contributed by atoms with E-state index in [2.05, 4.69) is 15.3 Å². The van der Waals surface area contributed by atoms with Gasteiger partial charge >= 0.3 is 0 Å². The summed E-state index contributed by atoms with van der Waals surface area (Å²) in [5.74, 6) is 0.262. The molecular formula is C10H11N5. The zero-order chi connectivity index (χ0) is 10.7. The Morgan fingerprint density at radius 1 is 0.867 bits per heavy atom. The van der Waals surface area contributed by atoms with Crippen molar-refractivity contribution in [2.24, 2.45) is 0 Å². The highest BCUT2D eigenvalue weighted by Gasteiger charge is 1.95. The summed E-state index contributed by atoms with van der Waals surface area (Å²) < 4.78 is 0. The van der Waals surface area contributed by atoms with Crippen LogP contribution in [0.3, 0.4) is 0 Å². The molecule has 5 nitrogen and oxygen atoms in total. The average molecular weight is 201 g/mol. The van der Waals surface area contributed by atoms with Gasteiger partial charge in [0.05, 0.1) is 18.1 Å². The van der Waals surface area contributed by atoms with Gasteiger partial charge in [-0.05, 0) is 24.3 Å². The number of nitrogens with zero attached hydrogens (tertiary/aromatic N) is 2. The minimum atomic E-state index is 0.262. The molecule has 0 aliphatic heterocycles. The fraction of sp³-hybridized carbons (Fsp3) is 0. The van der Waals surface area contributed by atoms with Crippen LogP contribution in [0.2, 0.25) is 0 Å². The maximum Gasteiger partial charge on any atom is 0.220 e. The molecule has 0 saturated heterocycles. The number of benzene rings is 1. The van der Waals surface area contributed by atoms with E-state index in [9.17, 15) is 0 Å². The lowest BCUT2D eigenvalue weighted by Gasteiger charge is -2.05. The Morgan fingerprint density at radius 3 is 2.07 bits per heavy atom. The van der Waals surface area contributed by atoms with Crippen molar-refractivity contribution in [3.63, 3.8) is 0 Å². The molecule has 0 saturated carbocycles. The van der Waals surface area contributed by atoms with Crippen LogP contribution < -0.4 is 16.8 Å². The third-order valence-corrected chi connectivity index (χ3v) is 1.87. The van der Waals surface area contributed by atoms with Crippen molar-refractivity contribution in [2.45, 2.75) is 0 Å². The Kier molecular flexibility index (Phi) is 2.37. The molecule has 0 aliphatic rings. The van der Waals surface area contributed by atoms with E-state index >= 15 is 0 Å². The van der Waals surface area contributed by atoms with Gasteiger partial charge in [-0.15, -0.1) is 0 Å². The van der Waals surface area contributed by atoms with Crippen LogP contribution in [-0.2, 0) is 0 Å². The highest BCUT2D eigenvalue weighted by atomic mass is 15.0. The number of nitrogen functional groups attached to an aromatic ring is 2. The summed E-state index contributed by atoms with van der Waals surface area (Å²) in [5.41, 5.74) is 13.4. The summed E-state index contributed by atoms with van der Waals surface area (Å²) in [4.78, 5) is 7.74. The van der Waals surface area contributed by atoms with Crippen molar-refractivity contribution < 1.29 is 0 Å². The number of aromatic nitrogens is 2. The first kappa shape index (κ1) is 9.26. The Hall–Kier alpha value is -2.30. The van der Waals surface area contributed by atoms with Crippen LogP contribution in [0.25, 0.3) is 0 Å². The van der Waals surface area contributed by atoms with Gasteiger partial charge in [0.25, 0.3) is 0 Å². The van der Waals surface area contributed by atoms with Crippen molar-refractivity contribution in [2.75, 3.05) is 16.8 Å². The van der Waals surface area contributed by atoms with Crippen molar-refractivity contribution in [3.8, 4) is 0 Å². The molecule has 0 fully saturated rings. The normalized spacial score (nSPS) is 9.87. The van der Waals surface area contributed by atoms with Gasteiger partial charge in [-0.25, -0.2) is 9.97 Å². The first-order valence-electron chi connectivity index (χ1n) is 4.44. The van der Waals surface area contributed by atoms with Crippen molar-refractivity contribution in [1.29, 1.82) is 0 Å². The fourth-order valence-electron chi connectivity index (χ4n) is 1.14. The summed E-state index contributed by atoms with van der Waals surface area (Å²) in [6, 6.07) is 7.40. The van der Waals surface area contributed by atoms with E-state index < -0.39 is 0 Å².